The maximum atomic E-state index is 5.83. The molecule has 0 bridgehead atoms. The van der Waals surface area contributed by atoms with Gasteiger partial charge >= 0.3 is 0 Å². The molecule has 0 unspecified atom stereocenters. The van der Waals surface area contributed by atoms with Crippen LogP contribution in [0.4, 0.5) is 0 Å². The monoisotopic (exact) mass is 289 g/mol. The van der Waals surface area contributed by atoms with Gasteiger partial charge in [-0.2, -0.15) is 0 Å². The van der Waals surface area contributed by atoms with Gasteiger partial charge in [0.1, 0.15) is 0 Å². The van der Waals surface area contributed by atoms with E-state index in [9.17, 15) is 0 Å². The topological polar surface area (TPSA) is 21.3 Å². The molecule has 0 aliphatic heterocycles. The molecule has 0 aliphatic rings. The highest BCUT2D eigenvalue weighted by molar-refractivity contribution is 6.30. The van der Waals surface area contributed by atoms with Gasteiger partial charge in [0, 0.05) is 18.2 Å². The zero-order chi connectivity index (χ0) is 14.0. The second-order valence-electron chi connectivity index (χ2n) is 4.69. The zero-order valence-corrected chi connectivity index (χ0v) is 12.3. The predicted octanol–water partition coefficient (Wildman–Crippen LogP) is 4.04. The van der Waals surface area contributed by atoms with Crippen LogP contribution >= 0.6 is 11.6 Å². The molecule has 0 atom stereocenters. The van der Waals surface area contributed by atoms with Crippen molar-refractivity contribution >= 4 is 11.6 Å². The van der Waals surface area contributed by atoms with Crippen LogP contribution in [0.15, 0.2) is 54.6 Å². The van der Waals surface area contributed by atoms with Gasteiger partial charge in [0.2, 0.25) is 0 Å². The molecule has 1 N–H and O–H groups in total. The summed E-state index contributed by atoms with van der Waals surface area (Å²) in [6.45, 7) is 3.30. The third-order valence-electron chi connectivity index (χ3n) is 3.00. The molecule has 0 spiro atoms. The van der Waals surface area contributed by atoms with Crippen LogP contribution in [-0.2, 0) is 17.9 Å². The van der Waals surface area contributed by atoms with Crippen molar-refractivity contribution in [3.8, 4) is 0 Å². The number of nitrogens with one attached hydrogen (secondary N) is 1. The molecule has 0 aliphatic carbocycles. The van der Waals surface area contributed by atoms with Crippen molar-refractivity contribution in [2.45, 2.75) is 19.6 Å². The number of hydrogen-bond acceptors (Lipinski definition) is 2. The van der Waals surface area contributed by atoms with E-state index in [4.69, 9.17) is 16.3 Å². The first-order chi connectivity index (χ1) is 9.84. The predicted molar refractivity (Wildman–Crippen MR) is 83.9 cm³/mol. The molecule has 0 radical (unpaired) electrons. The molecular weight excluding hydrogens is 270 g/mol. The van der Waals surface area contributed by atoms with E-state index >= 15 is 0 Å². The number of rotatable bonds is 8. The lowest BCUT2D eigenvalue weighted by atomic mass is 10.2. The Morgan fingerprint density at radius 2 is 1.65 bits per heavy atom. The molecule has 0 saturated carbocycles. The van der Waals surface area contributed by atoms with E-state index in [1.54, 1.807) is 0 Å². The van der Waals surface area contributed by atoms with Crippen LogP contribution in [-0.4, -0.2) is 13.2 Å². The lowest BCUT2D eigenvalue weighted by Gasteiger charge is -2.06. The Morgan fingerprint density at radius 1 is 0.900 bits per heavy atom. The summed E-state index contributed by atoms with van der Waals surface area (Å²) in [5, 5.41) is 4.17. The van der Waals surface area contributed by atoms with Gasteiger partial charge in [-0.25, -0.2) is 0 Å². The minimum atomic E-state index is 0.649. The normalized spacial score (nSPS) is 10.7. The van der Waals surface area contributed by atoms with E-state index in [1.807, 2.05) is 30.3 Å². The number of ether oxygens (including phenoxy) is 1. The molecule has 3 heteroatoms. The zero-order valence-electron chi connectivity index (χ0n) is 11.5. The van der Waals surface area contributed by atoms with Crippen molar-refractivity contribution in [2.75, 3.05) is 13.2 Å². The molecule has 2 nitrogen and oxygen atoms in total. The largest absolute Gasteiger partial charge is 0.377 e. The van der Waals surface area contributed by atoms with Gasteiger partial charge in [-0.05, 0) is 36.2 Å². The molecule has 0 saturated heterocycles. The van der Waals surface area contributed by atoms with E-state index < -0.39 is 0 Å². The Balaban J connectivity index is 1.51. The molecule has 2 aromatic carbocycles. The summed E-state index contributed by atoms with van der Waals surface area (Å²) in [7, 11) is 0. The summed E-state index contributed by atoms with van der Waals surface area (Å²) in [5.41, 5.74) is 2.47. The Morgan fingerprint density at radius 3 is 2.40 bits per heavy atom. The second-order valence-corrected chi connectivity index (χ2v) is 5.13. The first kappa shape index (κ1) is 15.0. The highest BCUT2D eigenvalue weighted by Crippen LogP contribution is 2.10. The average molecular weight is 290 g/mol. The van der Waals surface area contributed by atoms with Crippen LogP contribution in [0.5, 0.6) is 0 Å². The van der Waals surface area contributed by atoms with Crippen molar-refractivity contribution in [2.24, 2.45) is 0 Å². The van der Waals surface area contributed by atoms with Crippen molar-refractivity contribution in [3.63, 3.8) is 0 Å². The van der Waals surface area contributed by atoms with Gasteiger partial charge in [0.15, 0.2) is 0 Å². The fourth-order valence-electron chi connectivity index (χ4n) is 1.90. The van der Waals surface area contributed by atoms with E-state index in [-0.39, 0.29) is 0 Å². The van der Waals surface area contributed by atoms with Crippen molar-refractivity contribution in [1.29, 1.82) is 0 Å². The quantitative estimate of drug-likeness (QED) is 0.741. The lowest BCUT2D eigenvalue weighted by molar-refractivity contribution is 0.118. The average Bonchev–Trinajstić information content (AvgIpc) is 2.49. The maximum Gasteiger partial charge on any atom is 0.0716 e. The van der Waals surface area contributed by atoms with Crippen LogP contribution in [0.2, 0.25) is 5.02 Å². The van der Waals surface area contributed by atoms with Crippen LogP contribution in [0.1, 0.15) is 17.5 Å². The molecular formula is C17H20ClNO. The summed E-state index contributed by atoms with van der Waals surface area (Å²) < 4.78 is 5.63. The van der Waals surface area contributed by atoms with Gasteiger partial charge in [-0.3, -0.25) is 0 Å². The van der Waals surface area contributed by atoms with E-state index in [0.29, 0.717) is 6.61 Å². The van der Waals surface area contributed by atoms with Gasteiger partial charge in [-0.1, -0.05) is 54.1 Å². The molecule has 0 fully saturated rings. The maximum absolute atomic E-state index is 5.83. The summed E-state index contributed by atoms with van der Waals surface area (Å²) >= 11 is 5.83. The van der Waals surface area contributed by atoms with Gasteiger partial charge in [0.25, 0.3) is 0 Å². The van der Waals surface area contributed by atoms with Crippen LogP contribution in [0.3, 0.4) is 0 Å². The van der Waals surface area contributed by atoms with Crippen LogP contribution in [0, 0.1) is 0 Å². The summed E-state index contributed by atoms with van der Waals surface area (Å²) in [4.78, 5) is 0. The summed E-state index contributed by atoms with van der Waals surface area (Å²) in [6.07, 6.45) is 1.01. The SMILES string of the molecule is Clc1ccc(COCCCNCc2ccccc2)cc1. The Hall–Kier alpha value is -1.35. The van der Waals surface area contributed by atoms with Crippen molar-refractivity contribution in [1.82, 2.24) is 5.32 Å². The number of hydrogen-bond donors (Lipinski definition) is 1. The molecule has 2 rings (SSSR count). The standard InChI is InChI=1S/C17H20ClNO/c18-17-9-7-16(8-10-17)14-20-12-4-11-19-13-15-5-2-1-3-6-15/h1-3,5-10,19H,4,11-14H2. The summed E-state index contributed by atoms with van der Waals surface area (Å²) in [6, 6.07) is 18.2. The Bertz CT molecular complexity index is 484. The van der Waals surface area contributed by atoms with E-state index in [0.717, 1.165) is 36.7 Å². The van der Waals surface area contributed by atoms with E-state index in [1.165, 1.54) is 5.56 Å². The molecule has 20 heavy (non-hydrogen) atoms. The smallest absolute Gasteiger partial charge is 0.0716 e. The van der Waals surface area contributed by atoms with Gasteiger partial charge < -0.3 is 10.1 Å². The van der Waals surface area contributed by atoms with Gasteiger partial charge in [0.05, 0.1) is 6.61 Å². The second kappa shape index (κ2) is 8.75. The molecule has 0 heterocycles. The Labute approximate surface area is 125 Å². The molecule has 0 amide bonds. The van der Waals surface area contributed by atoms with Crippen molar-refractivity contribution < 1.29 is 4.74 Å². The minimum absolute atomic E-state index is 0.649. The first-order valence-electron chi connectivity index (χ1n) is 6.91. The fourth-order valence-corrected chi connectivity index (χ4v) is 2.02. The number of halogens is 1. The lowest BCUT2D eigenvalue weighted by Crippen LogP contribution is -2.16. The third kappa shape index (κ3) is 5.74. The fraction of sp³-hybridized carbons (Fsp3) is 0.294. The molecule has 106 valence electrons. The summed E-state index contributed by atoms with van der Waals surface area (Å²) in [5.74, 6) is 0. The molecule has 2 aromatic rings. The first-order valence-corrected chi connectivity index (χ1v) is 7.29. The highest BCUT2D eigenvalue weighted by Gasteiger charge is 1.95. The third-order valence-corrected chi connectivity index (χ3v) is 3.25. The van der Waals surface area contributed by atoms with E-state index in [2.05, 4.69) is 29.6 Å². The van der Waals surface area contributed by atoms with Crippen LogP contribution in [0.25, 0.3) is 0 Å². The van der Waals surface area contributed by atoms with Crippen LogP contribution < -0.4 is 5.32 Å². The van der Waals surface area contributed by atoms with Crippen molar-refractivity contribution in [3.05, 3.63) is 70.7 Å². The highest BCUT2D eigenvalue weighted by atomic mass is 35.5. The van der Waals surface area contributed by atoms with Gasteiger partial charge in [-0.15, -0.1) is 0 Å². The molecule has 0 aromatic heterocycles. The Kier molecular flexibility index (Phi) is 6.58. The number of benzene rings is 2. The minimum Gasteiger partial charge on any atom is -0.377 e.